The minimum Gasteiger partial charge on any atom is -0.455 e. The lowest BCUT2D eigenvalue weighted by Gasteiger charge is -2.44. The normalized spacial score (nSPS) is 23.4. The molecule has 2 N–H and O–H groups in total. The van der Waals surface area contributed by atoms with Crippen molar-refractivity contribution in [3.8, 4) is 11.5 Å². The third-order valence-electron chi connectivity index (χ3n) is 5.50. The van der Waals surface area contributed by atoms with Crippen LogP contribution in [0.3, 0.4) is 0 Å². The van der Waals surface area contributed by atoms with E-state index in [-0.39, 0.29) is 11.9 Å². The van der Waals surface area contributed by atoms with Crippen LogP contribution in [0, 0.1) is 5.92 Å². The Hall–Kier alpha value is -2.58. The van der Waals surface area contributed by atoms with Gasteiger partial charge in [0.25, 0.3) is 5.91 Å². The third kappa shape index (κ3) is 4.89. The monoisotopic (exact) mass is 415 g/mol. The first kappa shape index (κ1) is 19.7. The van der Waals surface area contributed by atoms with Crippen molar-refractivity contribution in [2.24, 2.45) is 5.92 Å². The number of rotatable bonds is 6. The van der Waals surface area contributed by atoms with Crippen molar-refractivity contribution in [1.82, 2.24) is 10.2 Å². The number of anilines is 1. The Kier molecular flexibility index (Phi) is 5.47. The van der Waals surface area contributed by atoms with Crippen LogP contribution in [0.1, 0.15) is 23.2 Å². The van der Waals surface area contributed by atoms with E-state index in [1.165, 1.54) is 0 Å². The van der Waals surface area contributed by atoms with Gasteiger partial charge in [0.1, 0.15) is 5.75 Å². The Bertz CT molecular complexity index is 983. The lowest BCUT2D eigenvalue weighted by Crippen LogP contribution is -2.57. The topological polar surface area (TPSA) is 87.7 Å². The highest BCUT2D eigenvalue weighted by Crippen LogP contribution is 2.30. The van der Waals surface area contributed by atoms with Crippen molar-refractivity contribution >= 4 is 21.6 Å². The summed E-state index contributed by atoms with van der Waals surface area (Å²) < 4.78 is 31.3. The lowest BCUT2D eigenvalue weighted by atomic mass is 9.84. The number of sulfonamides is 1. The average molecular weight is 416 g/mol. The molecule has 154 valence electrons. The number of amides is 1. The number of nitrogens with zero attached hydrogens (tertiary/aromatic N) is 1. The summed E-state index contributed by atoms with van der Waals surface area (Å²) >= 11 is 0. The number of piperidine rings is 3. The molecule has 5 rings (SSSR count). The Morgan fingerprint density at radius 3 is 2.38 bits per heavy atom. The number of fused-ring (bicyclic) bond motifs is 3. The molecule has 1 amide bonds. The first-order valence-corrected chi connectivity index (χ1v) is 11.6. The van der Waals surface area contributed by atoms with Crippen LogP contribution < -0.4 is 14.8 Å². The van der Waals surface area contributed by atoms with E-state index in [0.29, 0.717) is 28.7 Å². The van der Waals surface area contributed by atoms with E-state index < -0.39 is 10.0 Å². The summed E-state index contributed by atoms with van der Waals surface area (Å²) in [6.45, 7) is 3.21. The fraction of sp³-hybridized carbons (Fsp3) is 0.381. The Labute approximate surface area is 171 Å². The molecule has 0 aliphatic carbocycles. The first-order valence-electron chi connectivity index (χ1n) is 9.75. The summed E-state index contributed by atoms with van der Waals surface area (Å²) in [6.07, 6.45) is 3.39. The van der Waals surface area contributed by atoms with Gasteiger partial charge in [0, 0.05) is 18.2 Å². The highest BCUT2D eigenvalue weighted by atomic mass is 32.2. The molecule has 3 aliphatic heterocycles. The number of carbonyl (C=O) groups excluding carboxylic acids is 1. The molecule has 0 unspecified atom stereocenters. The quantitative estimate of drug-likeness (QED) is 0.757. The van der Waals surface area contributed by atoms with E-state index in [4.69, 9.17) is 4.74 Å². The van der Waals surface area contributed by atoms with Gasteiger partial charge < -0.3 is 15.0 Å². The van der Waals surface area contributed by atoms with Gasteiger partial charge in [0.2, 0.25) is 10.0 Å². The predicted molar refractivity (Wildman–Crippen MR) is 112 cm³/mol. The Morgan fingerprint density at radius 1 is 1.07 bits per heavy atom. The van der Waals surface area contributed by atoms with Gasteiger partial charge in [0.15, 0.2) is 5.75 Å². The Balaban J connectivity index is 1.41. The van der Waals surface area contributed by atoms with Crippen LogP contribution >= 0.6 is 0 Å². The Morgan fingerprint density at radius 2 is 1.76 bits per heavy atom. The molecule has 0 spiro atoms. The molecule has 2 aromatic rings. The molecule has 2 bridgehead atoms. The maximum absolute atomic E-state index is 12.6. The van der Waals surface area contributed by atoms with Crippen molar-refractivity contribution in [3.63, 3.8) is 0 Å². The van der Waals surface area contributed by atoms with Gasteiger partial charge in [-0.15, -0.1) is 0 Å². The largest absolute Gasteiger partial charge is 0.455 e. The van der Waals surface area contributed by atoms with E-state index in [9.17, 15) is 13.2 Å². The van der Waals surface area contributed by atoms with Crippen LogP contribution in [0.5, 0.6) is 11.5 Å². The number of hydrogen-bond acceptors (Lipinski definition) is 5. The second kappa shape index (κ2) is 8.04. The van der Waals surface area contributed by atoms with Gasteiger partial charge in [-0.3, -0.25) is 9.52 Å². The minimum atomic E-state index is -3.41. The van der Waals surface area contributed by atoms with Crippen LogP contribution in [0.2, 0.25) is 0 Å². The smallest absolute Gasteiger partial charge is 0.251 e. The summed E-state index contributed by atoms with van der Waals surface area (Å²) in [5.74, 6) is 1.41. The zero-order valence-electron chi connectivity index (χ0n) is 16.3. The highest BCUT2D eigenvalue weighted by molar-refractivity contribution is 7.92. The van der Waals surface area contributed by atoms with Gasteiger partial charge in [0.05, 0.1) is 11.9 Å². The minimum absolute atomic E-state index is 0.0746. The van der Waals surface area contributed by atoms with Crippen molar-refractivity contribution in [1.29, 1.82) is 0 Å². The summed E-state index contributed by atoms with van der Waals surface area (Å²) in [5, 5.41) is 3.17. The van der Waals surface area contributed by atoms with Crippen LogP contribution in [0.25, 0.3) is 0 Å². The zero-order chi connectivity index (χ0) is 20.4. The maximum atomic E-state index is 12.6. The molecular weight excluding hydrogens is 390 g/mol. The molecular formula is C21H25N3O4S. The van der Waals surface area contributed by atoms with E-state index >= 15 is 0 Å². The fourth-order valence-corrected chi connectivity index (χ4v) is 4.59. The predicted octanol–water partition coefficient (Wildman–Crippen LogP) is 2.67. The lowest BCUT2D eigenvalue weighted by molar-refractivity contribution is 0.0620. The molecule has 3 aliphatic rings. The van der Waals surface area contributed by atoms with Crippen molar-refractivity contribution < 1.29 is 17.9 Å². The summed E-state index contributed by atoms with van der Waals surface area (Å²) in [5.41, 5.74) is 0.940. The van der Waals surface area contributed by atoms with E-state index in [1.54, 1.807) is 48.5 Å². The van der Waals surface area contributed by atoms with Gasteiger partial charge in [-0.2, -0.15) is 0 Å². The zero-order valence-corrected chi connectivity index (χ0v) is 17.1. The maximum Gasteiger partial charge on any atom is 0.251 e. The molecule has 0 saturated carbocycles. The molecule has 7 nitrogen and oxygen atoms in total. The number of carbonyl (C=O) groups is 1. The molecule has 2 aromatic carbocycles. The number of hydrogen-bond donors (Lipinski definition) is 2. The molecule has 3 heterocycles. The number of para-hydroxylation sites is 2. The number of benzene rings is 2. The average Bonchev–Trinajstić information content (AvgIpc) is 2.70. The van der Waals surface area contributed by atoms with Crippen LogP contribution in [0.4, 0.5) is 5.69 Å². The van der Waals surface area contributed by atoms with Gasteiger partial charge >= 0.3 is 0 Å². The van der Waals surface area contributed by atoms with Gasteiger partial charge in [-0.1, -0.05) is 12.1 Å². The summed E-state index contributed by atoms with van der Waals surface area (Å²) in [6, 6.07) is 13.9. The van der Waals surface area contributed by atoms with Gasteiger partial charge in [-0.25, -0.2) is 8.42 Å². The standard InChI is InChI=1S/C21H25N3O4S/c1-29(26,27)23-18-4-2-3-5-20(18)28-17-8-6-16(7-9-17)21(25)22-19-14-24-12-10-15(19)11-13-24/h2-9,15,19,23H,10-14H2,1H3,(H,22,25)/t19-/m0/s1. The number of nitrogens with one attached hydrogen (secondary N) is 2. The molecule has 8 heteroatoms. The SMILES string of the molecule is CS(=O)(=O)Nc1ccccc1Oc1ccc(C(=O)N[C@H]2CN3CCC2CC3)cc1. The van der Waals surface area contributed by atoms with E-state index in [1.807, 2.05) is 0 Å². The van der Waals surface area contributed by atoms with E-state index in [0.717, 1.165) is 38.7 Å². The van der Waals surface area contributed by atoms with Crippen LogP contribution in [-0.2, 0) is 10.0 Å². The molecule has 29 heavy (non-hydrogen) atoms. The van der Waals surface area contributed by atoms with Crippen LogP contribution in [0.15, 0.2) is 48.5 Å². The molecule has 1 atom stereocenters. The summed E-state index contributed by atoms with van der Waals surface area (Å²) in [7, 11) is -3.41. The van der Waals surface area contributed by atoms with Crippen molar-refractivity contribution in [3.05, 3.63) is 54.1 Å². The molecule has 3 saturated heterocycles. The fourth-order valence-electron chi connectivity index (χ4n) is 4.02. The number of ether oxygens (including phenoxy) is 1. The second-order valence-corrected chi connectivity index (χ2v) is 9.46. The third-order valence-corrected chi connectivity index (χ3v) is 6.09. The van der Waals surface area contributed by atoms with Crippen molar-refractivity contribution in [2.75, 3.05) is 30.6 Å². The first-order chi connectivity index (χ1) is 13.9. The van der Waals surface area contributed by atoms with Crippen LogP contribution in [-0.4, -0.2) is 51.2 Å². The highest BCUT2D eigenvalue weighted by Gasteiger charge is 2.34. The molecule has 0 aromatic heterocycles. The second-order valence-electron chi connectivity index (χ2n) is 7.71. The van der Waals surface area contributed by atoms with Crippen molar-refractivity contribution in [2.45, 2.75) is 18.9 Å². The van der Waals surface area contributed by atoms with E-state index in [2.05, 4.69) is 14.9 Å². The van der Waals surface area contributed by atoms with Gasteiger partial charge in [-0.05, 0) is 68.2 Å². The molecule has 0 radical (unpaired) electrons. The summed E-state index contributed by atoms with van der Waals surface area (Å²) in [4.78, 5) is 15.0. The molecule has 3 fully saturated rings.